The van der Waals surface area contributed by atoms with Gasteiger partial charge in [-0.3, -0.25) is 0 Å². The highest BCUT2D eigenvalue weighted by atomic mass is 15.1. The molecule has 1 N–H and O–H groups in total. The zero-order valence-electron chi connectivity index (χ0n) is 8.16. The molecule has 2 rings (SSSR count). The van der Waals surface area contributed by atoms with E-state index in [1.807, 2.05) is 6.20 Å². The molecule has 1 atom stereocenters. The summed E-state index contributed by atoms with van der Waals surface area (Å²) in [6.07, 6.45) is 7.66. The summed E-state index contributed by atoms with van der Waals surface area (Å²) in [4.78, 5) is 4.37. The Morgan fingerprint density at radius 2 is 2.62 bits per heavy atom. The Hall–Kier alpha value is -0.830. The van der Waals surface area contributed by atoms with Crippen LogP contribution in [-0.4, -0.2) is 22.1 Å². The number of nitrogens with zero attached hydrogens (tertiary/aromatic N) is 2. The minimum atomic E-state index is 0.660. The summed E-state index contributed by atoms with van der Waals surface area (Å²) in [5, 5.41) is 3.49. The third-order valence-electron chi connectivity index (χ3n) is 2.73. The van der Waals surface area contributed by atoms with Gasteiger partial charge in [0.2, 0.25) is 0 Å². The number of rotatable bonds is 3. The second kappa shape index (κ2) is 3.92. The Morgan fingerprint density at radius 1 is 1.69 bits per heavy atom. The van der Waals surface area contributed by atoms with Crippen LogP contribution in [-0.2, 0) is 13.0 Å². The third kappa shape index (κ3) is 1.91. The molecule has 0 bridgehead atoms. The van der Waals surface area contributed by atoms with E-state index in [9.17, 15) is 0 Å². The van der Waals surface area contributed by atoms with Crippen LogP contribution in [0.3, 0.4) is 0 Å². The molecule has 1 unspecified atom stereocenters. The molecule has 1 fully saturated rings. The summed E-state index contributed by atoms with van der Waals surface area (Å²) in [7, 11) is 0. The maximum atomic E-state index is 4.37. The predicted molar refractivity (Wildman–Crippen MR) is 52.6 cm³/mol. The summed E-state index contributed by atoms with van der Waals surface area (Å²) in [6.45, 7) is 4.37. The SMILES string of the molecule is CCn1ccnc1CC1CCCN1. The van der Waals surface area contributed by atoms with Crippen LogP contribution in [0.4, 0.5) is 0 Å². The Morgan fingerprint density at radius 3 is 3.31 bits per heavy atom. The third-order valence-corrected chi connectivity index (χ3v) is 2.73. The number of aromatic nitrogens is 2. The van der Waals surface area contributed by atoms with Crippen molar-refractivity contribution in [3.8, 4) is 0 Å². The van der Waals surface area contributed by atoms with Gasteiger partial charge in [0.1, 0.15) is 5.82 Å². The lowest BCUT2D eigenvalue weighted by atomic mass is 10.1. The van der Waals surface area contributed by atoms with Gasteiger partial charge >= 0.3 is 0 Å². The van der Waals surface area contributed by atoms with Crippen LogP contribution in [0.1, 0.15) is 25.6 Å². The largest absolute Gasteiger partial charge is 0.335 e. The number of aryl methyl sites for hydroxylation is 1. The van der Waals surface area contributed by atoms with Crippen molar-refractivity contribution in [2.45, 2.75) is 38.8 Å². The summed E-state index contributed by atoms with van der Waals surface area (Å²) in [5.74, 6) is 1.22. The van der Waals surface area contributed by atoms with Crippen LogP contribution >= 0.6 is 0 Å². The molecule has 3 heteroatoms. The number of imidazole rings is 1. The first kappa shape index (κ1) is 8.75. The van der Waals surface area contributed by atoms with Crippen LogP contribution < -0.4 is 5.32 Å². The predicted octanol–water partition coefficient (Wildman–Crippen LogP) is 1.20. The lowest BCUT2D eigenvalue weighted by Gasteiger charge is -2.10. The molecule has 13 heavy (non-hydrogen) atoms. The van der Waals surface area contributed by atoms with Crippen molar-refractivity contribution in [1.29, 1.82) is 0 Å². The maximum Gasteiger partial charge on any atom is 0.110 e. The molecule has 0 aromatic carbocycles. The van der Waals surface area contributed by atoms with Crippen LogP contribution in [0.5, 0.6) is 0 Å². The summed E-state index contributed by atoms with van der Waals surface area (Å²) < 4.78 is 2.22. The molecule has 3 nitrogen and oxygen atoms in total. The number of hydrogen-bond acceptors (Lipinski definition) is 2. The first-order chi connectivity index (χ1) is 6.40. The van der Waals surface area contributed by atoms with E-state index in [1.165, 1.54) is 25.2 Å². The van der Waals surface area contributed by atoms with Crippen molar-refractivity contribution in [3.05, 3.63) is 18.2 Å². The molecule has 0 amide bonds. The summed E-state index contributed by atoms with van der Waals surface area (Å²) in [5.41, 5.74) is 0. The van der Waals surface area contributed by atoms with E-state index in [4.69, 9.17) is 0 Å². The van der Waals surface area contributed by atoms with Crippen molar-refractivity contribution in [2.75, 3.05) is 6.54 Å². The van der Waals surface area contributed by atoms with Gasteiger partial charge in [-0.1, -0.05) is 0 Å². The van der Waals surface area contributed by atoms with Crippen LogP contribution in [0.25, 0.3) is 0 Å². The first-order valence-corrected chi connectivity index (χ1v) is 5.13. The highest BCUT2D eigenvalue weighted by Gasteiger charge is 2.16. The smallest absolute Gasteiger partial charge is 0.110 e. The van der Waals surface area contributed by atoms with E-state index in [2.05, 4.69) is 28.0 Å². The highest BCUT2D eigenvalue weighted by Crippen LogP contribution is 2.10. The van der Waals surface area contributed by atoms with E-state index in [1.54, 1.807) is 0 Å². The quantitative estimate of drug-likeness (QED) is 0.755. The van der Waals surface area contributed by atoms with Crippen molar-refractivity contribution in [2.24, 2.45) is 0 Å². The Bertz CT molecular complexity index is 261. The second-order valence-corrected chi connectivity index (χ2v) is 3.63. The van der Waals surface area contributed by atoms with Gasteiger partial charge in [-0.15, -0.1) is 0 Å². The van der Waals surface area contributed by atoms with Crippen molar-refractivity contribution < 1.29 is 0 Å². The van der Waals surface area contributed by atoms with E-state index in [0.29, 0.717) is 6.04 Å². The molecule has 2 heterocycles. The fourth-order valence-electron chi connectivity index (χ4n) is 1.97. The van der Waals surface area contributed by atoms with Gasteiger partial charge in [0, 0.05) is 31.4 Å². The van der Waals surface area contributed by atoms with E-state index >= 15 is 0 Å². The van der Waals surface area contributed by atoms with Gasteiger partial charge in [-0.2, -0.15) is 0 Å². The van der Waals surface area contributed by atoms with E-state index in [-0.39, 0.29) is 0 Å². The molecule has 0 aliphatic carbocycles. The van der Waals surface area contributed by atoms with Crippen LogP contribution in [0.15, 0.2) is 12.4 Å². The Balaban J connectivity index is 1.99. The molecular formula is C10H17N3. The molecule has 72 valence electrons. The fraction of sp³-hybridized carbons (Fsp3) is 0.700. The molecule has 1 aliphatic rings. The first-order valence-electron chi connectivity index (χ1n) is 5.13. The van der Waals surface area contributed by atoms with Crippen molar-refractivity contribution >= 4 is 0 Å². The molecule has 0 saturated carbocycles. The zero-order valence-corrected chi connectivity index (χ0v) is 8.16. The fourth-order valence-corrected chi connectivity index (χ4v) is 1.97. The average Bonchev–Trinajstić information content (AvgIpc) is 2.76. The molecule has 1 aromatic heterocycles. The van der Waals surface area contributed by atoms with Crippen LogP contribution in [0, 0.1) is 0 Å². The second-order valence-electron chi connectivity index (χ2n) is 3.63. The highest BCUT2D eigenvalue weighted by molar-refractivity contribution is 4.96. The molecule has 1 aromatic rings. The van der Waals surface area contributed by atoms with Gasteiger partial charge in [-0.05, 0) is 26.3 Å². The van der Waals surface area contributed by atoms with E-state index < -0.39 is 0 Å². The van der Waals surface area contributed by atoms with Crippen molar-refractivity contribution in [3.63, 3.8) is 0 Å². The lowest BCUT2D eigenvalue weighted by molar-refractivity contribution is 0.561. The monoisotopic (exact) mass is 179 g/mol. The molecule has 1 saturated heterocycles. The van der Waals surface area contributed by atoms with Gasteiger partial charge in [0.05, 0.1) is 0 Å². The lowest BCUT2D eigenvalue weighted by Crippen LogP contribution is -2.25. The summed E-state index contributed by atoms with van der Waals surface area (Å²) in [6, 6.07) is 0.660. The average molecular weight is 179 g/mol. The molecular weight excluding hydrogens is 162 g/mol. The molecule has 0 radical (unpaired) electrons. The maximum absolute atomic E-state index is 4.37. The topological polar surface area (TPSA) is 29.9 Å². The molecule has 1 aliphatic heterocycles. The van der Waals surface area contributed by atoms with Gasteiger partial charge in [0.15, 0.2) is 0 Å². The van der Waals surface area contributed by atoms with Gasteiger partial charge in [0.25, 0.3) is 0 Å². The normalized spacial score (nSPS) is 22.4. The van der Waals surface area contributed by atoms with E-state index in [0.717, 1.165) is 13.0 Å². The Labute approximate surface area is 79.2 Å². The standard InChI is InChI=1S/C10H17N3/c1-2-13-7-6-12-10(13)8-9-4-3-5-11-9/h6-7,9,11H,2-5,8H2,1H3. The Kier molecular flexibility index (Phi) is 2.64. The minimum absolute atomic E-state index is 0.660. The molecule has 0 spiro atoms. The van der Waals surface area contributed by atoms with Gasteiger partial charge in [-0.25, -0.2) is 4.98 Å². The van der Waals surface area contributed by atoms with Crippen LogP contribution in [0.2, 0.25) is 0 Å². The number of nitrogens with one attached hydrogen (secondary N) is 1. The van der Waals surface area contributed by atoms with Crippen molar-refractivity contribution in [1.82, 2.24) is 14.9 Å². The minimum Gasteiger partial charge on any atom is -0.335 e. The zero-order chi connectivity index (χ0) is 9.10. The number of hydrogen-bond donors (Lipinski definition) is 1. The summed E-state index contributed by atoms with van der Waals surface area (Å²) >= 11 is 0. The van der Waals surface area contributed by atoms with Gasteiger partial charge < -0.3 is 9.88 Å².